The second-order valence-corrected chi connectivity index (χ2v) is 28.8. The Kier molecular flexibility index (Phi) is 28.6. The van der Waals surface area contributed by atoms with E-state index in [9.17, 15) is 155 Å². The highest BCUT2D eigenvalue weighted by Crippen LogP contribution is 2.37. The second kappa shape index (κ2) is 31.9. The van der Waals surface area contributed by atoms with Gasteiger partial charge in [-0.1, -0.05) is 22.6 Å². The largest absolute Gasteiger partial charge is 0.480 e. The molecule has 25 atom stereocenters. The Morgan fingerprint density at radius 2 is 0.902 bits per heavy atom. The maximum absolute atomic E-state index is 12.8. The van der Waals surface area contributed by atoms with Crippen LogP contribution in [0.25, 0.3) is 0 Å². The van der Waals surface area contributed by atoms with Crippen LogP contribution < -0.4 is 14.2 Å². The monoisotopic (exact) mass is 1630 g/mol. The summed E-state index contributed by atoms with van der Waals surface area (Å²) in [6.07, 6.45) is -61.8. The molecule has 4 aliphatic rings. The van der Waals surface area contributed by atoms with Crippen LogP contribution in [0.2, 0.25) is 0 Å². The molecular formula is C31H54IN3O49S8. The fraction of sp³-hybridized carbons (Fsp3) is 0.935. The average molecular weight is 1640 g/mol. The van der Waals surface area contributed by atoms with Gasteiger partial charge < -0.3 is 88.6 Å². The molecule has 0 radical (unpaired) electrons. The second-order valence-electron chi connectivity index (χ2n) is 18.6. The standard InChI is InChI=1S/C31H54IN3O49S8/c1-71-28-10(34-86(50,51)52)14(38)18(6(76-28)3-73-89(59,60)61)78-27(46)23(84-92(68,69)70)17(41)20(8(32)25(42)43)80-30-11(35-87(53,54)55)21(83-91(65,66)67)19(7(77-30)4-74-90(62,63)64)79-31-16(40)15(39)22(24(82-31)26(44)45)81-29-9(33-85(47,48)49)13(37)12(36)5(75-29)2-72-88(56,57)58/h5-24,27-31,33-41,46H,2-4H2,1H3,(H,42,43)(H,44,45)(H,47,48,49)(H,50,51,52)(H,53,54,55)(H,56,57,58)(H,59,60,61)(H,62,63,64)(H,65,66,67)(H,68,69,70)/t5?,6?,7?,8?,9-,10-,11-,12+,13?,14?,15?,16-,17+,18+,19+,20+,21?,22+,23?,24?,27+,28+,29-,30-,31+/m0/s1. The number of hydrogen-bond acceptors (Lipinski definition) is 39. The molecule has 542 valence electrons. The quantitative estimate of drug-likeness (QED) is 0.0123. The van der Waals surface area contributed by atoms with Gasteiger partial charge in [-0.2, -0.15) is 81.5 Å². The van der Waals surface area contributed by atoms with Crippen molar-refractivity contribution in [3.63, 3.8) is 0 Å². The summed E-state index contributed by atoms with van der Waals surface area (Å²) in [5.41, 5.74) is 0. The number of aliphatic hydroxyl groups excluding tert-OH is 7. The molecule has 4 heterocycles. The van der Waals surface area contributed by atoms with Crippen molar-refractivity contribution in [1.82, 2.24) is 14.2 Å². The SMILES string of the molecule is CO[C@@H]1OC(COS(=O)(=O)O)[C@@H](O[C@@H](O)C(OS(=O)(=O)O)[C@H](O)[C@H](O[C@@H]2OC(COS(=O)(=O)O)[C@@H](O[C@@H]3OC(C(=O)O)[C@H](O[C@@H]4OC(COS(=O)(=O)O)[C@@H](O)C(O)[C@@H]4NS(=O)(=O)O)C(O)[C@@H]3O)C(OS(=O)(=O)O)[C@@H]2NS(=O)(=O)O)C(I)C(=O)O)C(O)[C@@H]1NS(=O)(=O)O. The van der Waals surface area contributed by atoms with Crippen molar-refractivity contribution in [1.29, 1.82) is 0 Å². The fourth-order valence-corrected chi connectivity index (χ4v) is 12.9. The molecule has 4 saturated heterocycles. The highest BCUT2D eigenvalue weighted by Gasteiger charge is 2.59. The maximum Gasteiger partial charge on any atom is 0.397 e. The normalized spacial score (nSPS) is 35.1. The molecule has 0 saturated carbocycles. The molecule has 0 aromatic carbocycles. The van der Waals surface area contributed by atoms with Crippen molar-refractivity contribution in [2.45, 2.75) is 151 Å². The van der Waals surface area contributed by atoms with Gasteiger partial charge in [-0.25, -0.2) is 25.7 Å². The number of ether oxygens (including phenoxy) is 9. The van der Waals surface area contributed by atoms with Crippen LogP contribution in [0.5, 0.6) is 0 Å². The van der Waals surface area contributed by atoms with E-state index >= 15 is 0 Å². The minimum Gasteiger partial charge on any atom is -0.480 e. The molecule has 0 aromatic rings. The molecule has 92 heavy (non-hydrogen) atoms. The Balaban J connectivity index is 1.89. The fourth-order valence-electron chi connectivity index (χ4n) is 8.60. The van der Waals surface area contributed by atoms with E-state index in [0.29, 0.717) is 0 Å². The summed E-state index contributed by atoms with van der Waals surface area (Å²) in [4.78, 5) is 25.5. The van der Waals surface area contributed by atoms with E-state index in [2.05, 4.69) is 20.9 Å². The first-order valence-corrected chi connectivity index (χ1v) is 35.9. The van der Waals surface area contributed by atoms with Gasteiger partial charge >= 0.3 is 94.8 Å². The van der Waals surface area contributed by atoms with Crippen molar-refractivity contribution in [3.8, 4) is 0 Å². The molecule has 0 bridgehead atoms. The van der Waals surface area contributed by atoms with Crippen molar-refractivity contribution in [2.75, 3.05) is 26.9 Å². The number of methoxy groups -OCH3 is 1. The number of nitrogens with one attached hydrogen (secondary N) is 3. The number of hydrogen-bond donors (Lipinski definition) is 20. The molecular weight excluding hydrogens is 1580 g/mol. The van der Waals surface area contributed by atoms with Gasteiger partial charge in [-0.3, -0.25) is 41.2 Å². The van der Waals surface area contributed by atoms with Crippen LogP contribution >= 0.6 is 22.6 Å². The van der Waals surface area contributed by atoms with Gasteiger partial charge in [0.05, 0.1) is 19.8 Å². The van der Waals surface area contributed by atoms with E-state index in [1.807, 2.05) is 0 Å². The number of alkyl halides is 1. The van der Waals surface area contributed by atoms with Gasteiger partial charge in [0, 0.05) is 7.11 Å². The molecule has 4 aliphatic heterocycles. The lowest BCUT2D eigenvalue weighted by atomic mass is 9.95. The minimum atomic E-state index is -6.38. The zero-order valence-corrected chi connectivity index (χ0v) is 53.1. The van der Waals surface area contributed by atoms with Gasteiger partial charge in [0.2, 0.25) is 0 Å². The molecule has 0 spiro atoms. The molecule has 52 nitrogen and oxygen atoms in total. The molecule has 10 unspecified atom stereocenters. The predicted molar refractivity (Wildman–Crippen MR) is 277 cm³/mol. The van der Waals surface area contributed by atoms with Crippen molar-refractivity contribution in [3.05, 3.63) is 0 Å². The lowest BCUT2D eigenvalue weighted by Crippen LogP contribution is -2.70. The highest BCUT2D eigenvalue weighted by molar-refractivity contribution is 14.1. The summed E-state index contributed by atoms with van der Waals surface area (Å²) in [7, 11) is -46.1. The van der Waals surface area contributed by atoms with Crippen LogP contribution in [0.15, 0.2) is 0 Å². The molecule has 0 aliphatic carbocycles. The topological polar surface area (TPSA) is 816 Å². The maximum atomic E-state index is 12.8. The molecule has 20 N–H and O–H groups in total. The number of aliphatic hydroxyl groups is 7. The van der Waals surface area contributed by atoms with Crippen LogP contribution in [-0.2, 0) is 156 Å². The van der Waals surface area contributed by atoms with E-state index in [-0.39, 0.29) is 0 Å². The lowest BCUT2D eigenvalue weighted by Gasteiger charge is -2.49. The Labute approximate surface area is 529 Å². The number of carbonyl (C=O) groups is 2. The first-order valence-electron chi connectivity index (χ1n) is 23.5. The third-order valence-electron chi connectivity index (χ3n) is 12.2. The Morgan fingerprint density at radius 3 is 1.34 bits per heavy atom. The summed E-state index contributed by atoms with van der Waals surface area (Å²) in [5, 5.41) is 99.0. The van der Waals surface area contributed by atoms with E-state index in [1.54, 1.807) is 0 Å². The molecule has 0 aromatic heterocycles. The predicted octanol–water partition coefficient (Wildman–Crippen LogP) is -13.4. The molecule has 4 rings (SSSR count). The molecule has 61 heteroatoms. The Morgan fingerprint density at radius 1 is 0.467 bits per heavy atom. The number of carboxylic acids is 2. The van der Waals surface area contributed by atoms with Crippen LogP contribution in [-0.4, -0.2) is 340 Å². The van der Waals surface area contributed by atoms with Gasteiger partial charge in [-0.15, -0.1) is 0 Å². The smallest absolute Gasteiger partial charge is 0.397 e. The number of aliphatic carboxylic acids is 2. The number of carboxylic acid groups (broad SMARTS) is 2. The van der Waals surface area contributed by atoms with Crippen molar-refractivity contribution in [2.24, 2.45) is 0 Å². The summed E-state index contributed by atoms with van der Waals surface area (Å²) < 4.78 is 338. The van der Waals surface area contributed by atoms with E-state index in [1.165, 1.54) is 9.44 Å². The lowest BCUT2D eigenvalue weighted by molar-refractivity contribution is -0.363. The average Bonchev–Trinajstić information content (AvgIpc) is 0.771. The van der Waals surface area contributed by atoms with Crippen LogP contribution in [0.3, 0.4) is 0 Å². The Bertz CT molecular complexity index is 3480. The third kappa shape index (κ3) is 25.1. The van der Waals surface area contributed by atoms with Crippen LogP contribution in [0.4, 0.5) is 0 Å². The summed E-state index contributed by atoms with van der Waals surface area (Å²) in [5.74, 6) is -4.73. The first kappa shape index (κ1) is 82.4. The minimum absolute atomic E-state index is 0.717. The van der Waals surface area contributed by atoms with E-state index < -0.39 is 266 Å². The summed E-state index contributed by atoms with van der Waals surface area (Å²) in [6, 6.07) is -8.25. The first-order chi connectivity index (χ1) is 41.5. The molecule has 0 amide bonds. The van der Waals surface area contributed by atoms with E-state index in [4.69, 9.17) is 47.2 Å². The summed E-state index contributed by atoms with van der Waals surface area (Å²) >= 11 is 0.740. The van der Waals surface area contributed by atoms with Crippen molar-refractivity contribution < 1.29 is 223 Å². The van der Waals surface area contributed by atoms with E-state index in [0.717, 1.165) is 34.4 Å². The number of halogens is 1. The van der Waals surface area contributed by atoms with Gasteiger partial charge in [0.25, 0.3) is 0 Å². The molecule has 4 fully saturated rings. The Hall–Kier alpha value is -2.01. The van der Waals surface area contributed by atoms with Gasteiger partial charge in [-0.05, 0) is 0 Å². The van der Waals surface area contributed by atoms with Gasteiger partial charge in [0.15, 0.2) is 43.7 Å². The zero-order chi connectivity index (χ0) is 70.7. The zero-order valence-electron chi connectivity index (χ0n) is 44.4. The number of rotatable bonds is 34. The van der Waals surface area contributed by atoms with Crippen LogP contribution in [0, 0.1) is 0 Å². The highest BCUT2D eigenvalue weighted by atomic mass is 127. The third-order valence-corrected chi connectivity index (χ3v) is 17.3. The van der Waals surface area contributed by atoms with Crippen molar-refractivity contribution >= 4 is 117 Å². The summed E-state index contributed by atoms with van der Waals surface area (Å²) in [6.45, 7) is -5.13. The van der Waals surface area contributed by atoms with Crippen LogP contribution in [0.1, 0.15) is 0 Å². The van der Waals surface area contributed by atoms with Gasteiger partial charge in [0.1, 0.15) is 108 Å².